The minimum atomic E-state index is -0.209. The SMILES string of the molecule is CNC(=O)c1c(C)oc2cc(Oc3ccnn4cc(C(=O)N5CC[C@H](N(C)C(C)=O)C5)c(C)c34)ccc12. The maximum absolute atomic E-state index is 13.4. The lowest BCUT2D eigenvalue weighted by Crippen LogP contribution is -2.39. The molecule has 0 radical (unpaired) electrons. The number of carbonyl (C=O) groups is 3. The van der Waals surface area contributed by atoms with E-state index in [0.29, 0.717) is 58.0 Å². The molecule has 4 aromatic rings. The van der Waals surface area contributed by atoms with Crippen molar-refractivity contribution >= 4 is 34.2 Å². The number of aryl methyl sites for hydroxylation is 2. The average molecular weight is 504 g/mol. The minimum Gasteiger partial charge on any atom is -0.460 e. The van der Waals surface area contributed by atoms with Gasteiger partial charge in [-0.2, -0.15) is 5.10 Å². The molecule has 0 aliphatic carbocycles. The van der Waals surface area contributed by atoms with Crippen LogP contribution in [0.1, 0.15) is 45.4 Å². The Labute approximate surface area is 213 Å². The standard InChI is InChI=1S/C27H29N5O5/c1-15-21(27(35)31-11-9-18(13-31)30(5)17(3)33)14-32-25(15)22(8-10-29-32)37-19-6-7-20-23(12-19)36-16(2)24(20)26(34)28-4/h6-8,10,12,14,18H,9,11,13H2,1-5H3,(H,28,34)/t18-/m0/s1. The molecule has 1 aliphatic rings. The fourth-order valence-corrected chi connectivity index (χ4v) is 4.99. The highest BCUT2D eigenvalue weighted by Gasteiger charge is 2.32. The summed E-state index contributed by atoms with van der Waals surface area (Å²) in [6, 6.07) is 7.08. The second kappa shape index (κ2) is 9.27. The molecule has 1 fully saturated rings. The first-order valence-corrected chi connectivity index (χ1v) is 12.1. The van der Waals surface area contributed by atoms with Crippen molar-refractivity contribution in [2.75, 3.05) is 27.2 Å². The van der Waals surface area contributed by atoms with Gasteiger partial charge < -0.3 is 24.3 Å². The van der Waals surface area contributed by atoms with Gasteiger partial charge in [0, 0.05) is 57.8 Å². The van der Waals surface area contributed by atoms with Crippen LogP contribution in [0.3, 0.4) is 0 Å². The minimum absolute atomic E-state index is 0.0103. The second-order valence-electron chi connectivity index (χ2n) is 9.35. The Kier molecular flexibility index (Phi) is 6.10. The molecule has 37 heavy (non-hydrogen) atoms. The van der Waals surface area contributed by atoms with Crippen molar-refractivity contribution < 1.29 is 23.5 Å². The number of likely N-dealkylation sites (tertiary alicyclic amines) is 1. The summed E-state index contributed by atoms with van der Waals surface area (Å²) >= 11 is 0. The lowest BCUT2D eigenvalue weighted by atomic mass is 10.1. The Bertz CT molecular complexity index is 1550. The van der Waals surface area contributed by atoms with Gasteiger partial charge in [-0.3, -0.25) is 14.4 Å². The van der Waals surface area contributed by atoms with Crippen LogP contribution in [0.15, 0.2) is 41.1 Å². The third kappa shape index (κ3) is 4.18. The number of nitrogens with zero attached hydrogens (tertiary/aromatic N) is 4. The van der Waals surface area contributed by atoms with Gasteiger partial charge in [0.2, 0.25) is 5.91 Å². The van der Waals surface area contributed by atoms with E-state index in [9.17, 15) is 14.4 Å². The lowest BCUT2D eigenvalue weighted by molar-refractivity contribution is -0.129. The summed E-state index contributed by atoms with van der Waals surface area (Å²) in [5.41, 5.74) is 3.03. The summed E-state index contributed by atoms with van der Waals surface area (Å²) in [5.74, 6) is 1.28. The fraction of sp³-hybridized carbons (Fsp3) is 0.333. The first-order valence-electron chi connectivity index (χ1n) is 12.1. The highest BCUT2D eigenvalue weighted by molar-refractivity contribution is 6.07. The Hall–Kier alpha value is -4.34. The molecular weight excluding hydrogens is 474 g/mol. The van der Waals surface area contributed by atoms with Gasteiger partial charge in [0.1, 0.15) is 22.6 Å². The van der Waals surface area contributed by atoms with Crippen molar-refractivity contribution in [1.29, 1.82) is 0 Å². The molecule has 0 saturated carbocycles. The highest BCUT2D eigenvalue weighted by Crippen LogP contribution is 2.34. The molecule has 3 amide bonds. The van der Waals surface area contributed by atoms with Crippen molar-refractivity contribution in [3.8, 4) is 11.5 Å². The van der Waals surface area contributed by atoms with Crippen LogP contribution in [0.25, 0.3) is 16.5 Å². The molecule has 1 saturated heterocycles. The number of fused-ring (bicyclic) bond motifs is 2. The number of furan rings is 1. The molecule has 10 heteroatoms. The largest absolute Gasteiger partial charge is 0.460 e. The zero-order valence-electron chi connectivity index (χ0n) is 21.5. The van der Waals surface area contributed by atoms with Crippen molar-refractivity contribution in [2.24, 2.45) is 0 Å². The molecular formula is C27H29N5O5. The summed E-state index contributed by atoms with van der Waals surface area (Å²) in [7, 11) is 3.35. The Morgan fingerprint density at radius 1 is 1.22 bits per heavy atom. The molecule has 1 atom stereocenters. The van der Waals surface area contributed by atoms with Gasteiger partial charge in [0.15, 0.2) is 5.75 Å². The van der Waals surface area contributed by atoms with Gasteiger partial charge in [-0.15, -0.1) is 0 Å². The Morgan fingerprint density at radius 3 is 2.73 bits per heavy atom. The molecule has 1 aromatic carbocycles. The smallest absolute Gasteiger partial charge is 0.255 e. The van der Waals surface area contributed by atoms with Crippen LogP contribution in [-0.2, 0) is 4.79 Å². The van der Waals surface area contributed by atoms with Crippen LogP contribution < -0.4 is 10.1 Å². The molecule has 5 rings (SSSR count). The van der Waals surface area contributed by atoms with Gasteiger partial charge in [-0.25, -0.2) is 4.52 Å². The second-order valence-corrected chi connectivity index (χ2v) is 9.35. The lowest BCUT2D eigenvalue weighted by Gasteiger charge is -2.23. The number of aromatic nitrogens is 2. The van der Waals surface area contributed by atoms with Crippen molar-refractivity contribution in [2.45, 2.75) is 33.2 Å². The van der Waals surface area contributed by atoms with Gasteiger partial charge >= 0.3 is 0 Å². The van der Waals surface area contributed by atoms with E-state index in [0.717, 1.165) is 12.0 Å². The molecule has 192 valence electrons. The van der Waals surface area contributed by atoms with Crippen LogP contribution in [0.5, 0.6) is 11.5 Å². The van der Waals surface area contributed by atoms with Crippen LogP contribution >= 0.6 is 0 Å². The monoisotopic (exact) mass is 503 g/mol. The number of amides is 3. The van der Waals surface area contributed by atoms with E-state index in [1.807, 2.05) is 6.92 Å². The van der Waals surface area contributed by atoms with Crippen LogP contribution in [0, 0.1) is 13.8 Å². The van der Waals surface area contributed by atoms with Crippen LogP contribution in [-0.4, -0.2) is 70.4 Å². The Morgan fingerprint density at radius 2 is 2.00 bits per heavy atom. The Balaban J connectivity index is 1.44. The topological polar surface area (TPSA) is 109 Å². The molecule has 0 bridgehead atoms. The first kappa shape index (κ1) is 24.4. The summed E-state index contributed by atoms with van der Waals surface area (Å²) in [6.07, 6.45) is 4.08. The number of hydrogen-bond acceptors (Lipinski definition) is 6. The maximum Gasteiger partial charge on any atom is 0.255 e. The van der Waals surface area contributed by atoms with Gasteiger partial charge in [-0.1, -0.05) is 0 Å². The number of nitrogens with one attached hydrogen (secondary N) is 1. The maximum atomic E-state index is 13.4. The summed E-state index contributed by atoms with van der Waals surface area (Å²) in [5, 5.41) is 7.73. The van der Waals surface area contributed by atoms with Gasteiger partial charge in [-0.05, 0) is 38.0 Å². The number of ether oxygens (including phenoxy) is 1. The van der Waals surface area contributed by atoms with E-state index in [-0.39, 0.29) is 23.8 Å². The van der Waals surface area contributed by atoms with Crippen molar-refractivity contribution in [3.63, 3.8) is 0 Å². The predicted octanol–water partition coefficient (Wildman–Crippen LogP) is 3.54. The van der Waals surface area contributed by atoms with Gasteiger partial charge in [0.25, 0.3) is 11.8 Å². The number of rotatable bonds is 5. The third-order valence-electron chi connectivity index (χ3n) is 7.13. The van der Waals surface area contributed by atoms with Crippen LogP contribution in [0.4, 0.5) is 0 Å². The fourth-order valence-electron chi connectivity index (χ4n) is 4.99. The number of carbonyl (C=O) groups excluding carboxylic acids is 3. The molecule has 3 aromatic heterocycles. The third-order valence-corrected chi connectivity index (χ3v) is 7.13. The number of likely N-dealkylation sites (N-methyl/N-ethyl adjacent to an activating group) is 1. The molecule has 10 nitrogen and oxygen atoms in total. The van der Waals surface area contributed by atoms with Crippen molar-refractivity contribution in [3.05, 3.63) is 59.1 Å². The quantitative estimate of drug-likeness (QED) is 0.446. The summed E-state index contributed by atoms with van der Waals surface area (Å²) in [6.45, 7) is 6.25. The average Bonchev–Trinajstić information content (AvgIpc) is 3.58. The first-order chi connectivity index (χ1) is 17.7. The van der Waals surface area contributed by atoms with E-state index in [2.05, 4.69) is 10.4 Å². The van der Waals surface area contributed by atoms with E-state index in [4.69, 9.17) is 9.15 Å². The molecule has 1 N–H and O–H groups in total. The normalized spacial score (nSPS) is 15.4. The number of hydrogen-bond donors (Lipinski definition) is 1. The highest BCUT2D eigenvalue weighted by atomic mass is 16.5. The van der Waals surface area contributed by atoms with E-state index in [1.54, 1.807) is 72.0 Å². The predicted molar refractivity (Wildman–Crippen MR) is 137 cm³/mol. The van der Waals surface area contributed by atoms with Crippen LogP contribution in [0.2, 0.25) is 0 Å². The molecule has 0 unspecified atom stereocenters. The van der Waals surface area contributed by atoms with E-state index >= 15 is 0 Å². The summed E-state index contributed by atoms with van der Waals surface area (Å²) in [4.78, 5) is 40.9. The van der Waals surface area contributed by atoms with Gasteiger partial charge in [0.05, 0.1) is 23.4 Å². The molecule has 0 spiro atoms. The zero-order chi connectivity index (χ0) is 26.4. The van der Waals surface area contributed by atoms with Crippen molar-refractivity contribution in [1.82, 2.24) is 24.7 Å². The van der Waals surface area contributed by atoms with E-state index in [1.165, 1.54) is 6.92 Å². The zero-order valence-corrected chi connectivity index (χ0v) is 21.5. The van der Waals surface area contributed by atoms with E-state index < -0.39 is 0 Å². The number of benzene rings is 1. The summed E-state index contributed by atoms with van der Waals surface area (Å²) < 4.78 is 13.7. The molecule has 4 heterocycles. The molecule has 1 aliphatic heterocycles.